The minimum atomic E-state index is 0.460. The van der Waals surface area contributed by atoms with Crippen LogP contribution in [-0.2, 0) is 0 Å². The lowest BCUT2D eigenvalue weighted by atomic mass is 10.0. The minimum absolute atomic E-state index is 0.460. The Bertz CT molecular complexity index is 735. The summed E-state index contributed by atoms with van der Waals surface area (Å²) in [6.45, 7) is 2.06. The van der Waals surface area contributed by atoms with Gasteiger partial charge in [0.05, 0.1) is 10.5 Å². The molecule has 0 fully saturated rings. The van der Waals surface area contributed by atoms with E-state index in [9.17, 15) is 0 Å². The monoisotopic (exact) mass is 261 g/mol. The van der Waals surface area contributed by atoms with Crippen molar-refractivity contribution in [2.75, 3.05) is 0 Å². The van der Waals surface area contributed by atoms with Gasteiger partial charge in [0.15, 0.2) is 0 Å². The van der Waals surface area contributed by atoms with E-state index in [0.717, 1.165) is 21.7 Å². The van der Waals surface area contributed by atoms with Crippen LogP contribution in [0.2, 0.25) is 10.2 Å². The molecule has 0 saturated heterocycles. The zero-order chi connectivity index (χ0) is 12.0. The van der Waals surface area contributed by atoms with Crippen LogP contribution in [-0.4, -0.2) is 4.98 Å². The molecule has 1 aromatic heterocycles. The van der Waals surface area contributed by atoms with Gasteiger partial charge in [0.1, 0.15) is 5.15 Å². The summed E-state index contributed by atoms with van der Waals surface area (Å²) >= 11 is 12.4. The molecule has 1 heterocycles. The van der Waals surface area contributed by atoms with Gasteiger partial charge < -0.3 is 0 Å². The van der Waals surface area contributed by atoms with Crippen molar-refractivity contribution in [2.24, 2.45) is 0 Å². The molecule has 0 bridgehead atoms. The quantitative estimate of drug-likeness (QED) is 0.410. The molecule has 2 aromatic carbocycles. The zero-order valence-corrected chi connectivity index (χ0v) is 10.7. The Hall–Kier alpha value is -1.31. The number of pyridine rings is 1. The van der Waals surface area contributed by atoms with Crippen molar-refractivity contribution in [2.45, 2.75) is 6.92 Å². The van der Waals surface area contributed by atoms with Gasteiger partial charge in [0.2, 0.25) is 0 Å². The lowest BCUT2D eigenvalue weighted by Gasteiger charge is -2.07. The third-order valence-corrected chi connectivity index (χ3v) is 3.47. The highest BCUT2D eigenvalue weighted by molar-refractivity contribution is 6.42. The smallest absolute Gasteiger partial charge is 0.139 e. The SMILES string of the molecule is Cc1ccc2nc(Cl)c3c(Cl)cccc3c2c1. The molecular weight excluding hydrogens is 253 g/mol. The van der Waals surface area contributed by atoms with Crippen molar-refractivity contribution < 1.29 is 0 Å². The predicted octanol–water partition coefficient (Wildman–Crippen LogP) is 5.00. The average Bonchev–Trinajstić information content (AvgIpc) is 2.30. The second kappa shape index (κ2) is 3.86. The molecule has 0 aliphatic heterocycles. The Morgan fingerprint density at radius 2 is 1.82 bits per heavy atom. The van der Waals surface area contributed by atoms with E-state index in [1.807, 2.05) is 30.3 Å². The normalized spacial score (nSPS) is 11.2. The summed E-state index contributed by atoms with van der Waals surface area (Å²) in [4.78, 5) is 4.39. The third kappa shape index (κ3) is 1.67. The van der Waals surface area contributed by atoms with E-state index in [1.165, 1.54) is 5.56 Å². The predicted molar refractivity (Wildman–Crippen MR) is 74.0 cm³/mol. The van der Waals surface area contributed by atoms with Crippen molar-refractivity contribution in [3.8, 4) is 0 Å². The second-order valence-electron chi connectivity index (χ2n) is 4.09. The first-order chi connectivity index (χ1) is 8.16. The number of benzene rings is 2. The molecule has 0 spiro atoms. The molecule has 0 amide bonds. The number of nitrogens with zero attached hydrogens (tertiary/aromatic N) is 1. The molecule has 0 radical (unpaired) electrons. The number of rotatable bonds is 0. The van der Waals surface area contributed by atoms with Crippen LogP contribution in [0.15, 0.2) is 36.4 Å². The van der Waals surface area contributed by atoms with Crippen molar-refractivity contribution in [3.63, 3.8) is 0 Å². The van der Waals surface area contributed by atoms with Crippen LogP contribution in [0.25, 0.3) is 21.7 Å². The fraction of sp³-hybridized carbons (Fsp3) is 0.0714. The van der Waals surface area contributed by atoms with Crippen LogP contribution in [0.4, 0.5) is 0 Å². The Balaban J connectivity index is 2.62. The summed E-state index contributed by atoms with van der Waals surface area (Å²) in [5, 5.41) is 4.07. The van der Waals surface area contributed by atoms with Gasteiger partial charge in [-0.2, -0.15) is 0 Å². The molecular formula is C14H9Cl2N. The standard InChI is InChI=1S/C14H9Cl2N/c1-8-5-6-12-10(7-8)9-3-2-4-11(15)13(9)14(16)17-12/h2-7H,1H3. The Morgan fingerprint density at radius 3 is 2.65 bits per heavy atom. The first-order valence-electron chi connectivity index (χ1n) is 5.31. The highest BCUT2D eigenvalue weighted by atomic mass is 35.5. The maximum atomic E-state index is 6.19. The molecule has 0 atom stereocenters. The van der Waals surface area contributed by atoms with Gasteiger partial charge in [0.25, 0.3) is 0 Å². The summed E-state index contributed by atoms with van der Waals surface area (Å²) in [6, 6.07) is 11.9. The van der Waals surface area contributed by atoms with Gasteiger partial charge in [-0.25, -0.2) is 4.98 Å². The Labute approximate surface area is 109 Å². The van der Waals surface area contributed by atoms with Gasteiger partial charge in [-0.3, -0.25) is 0 Å². The van der Waals surface area contributed by atoms with Gasteiger partial charge in [-0.05, 0) is 30.5 Å². The zero-order valence-electron chi connectivity index (χ0n) is 9.17. The number of hydrogen-bond donors (Lipinski definition) is 0. The fourth-order valence-electron chi connectivity index (χ4n) is 2.08. The van der Waals surface area contributed by atoms with Crippen molar-refractivity contribution in [1.29, 1.82) is 0 Å². The van der Waals surface area contributed by atoms with E-state index in [1.54, 1.807) is 0 Å². The van der Waals surface area contributed by atoms with E-state index in [-0.39, 0.29) is 0 Å². The van der Waals surface area contributed by atoms with Crippen molar-refractivity contribution in [1.82, 2.24) is 4.98 Å². The molecule has 3 rings (SSSR count). The molecule has 84 valence electrons. The number of aryl methyl sites for hydroxylation is 1. The van der Waals surface area contributed by atoms with E-state index in [4.69, 9.17) is 23.2 Å². The second-order valence-corrected chi connectivity index (χ2v) is 4.85. The molecule has 0 unspecified atom stereocenters. The van der Waals surface area contributed by atoms with Gasteiger partial charge >= 0.3 is 0 Å². The van der Waals surface area contributed by atoms with E-state index >= 15 is 0 Å². The first kappa shape index (κ1) is 10.8. The fourth-order valence-corrected chi connectivity index (χ4v) is 2.69. The van der Waals surface area contributed by atoms with Gasteiger partial charge in [0, 0.05) is 10.8 Å². The summed E-state index contributed by atoms with van der Waals surface area (Å²) in [5.74, 6) is 0. The highest BCUT2D eigenvalue weighted by Gasteiger charge is 2.09. The number of aromatic nitrogens is 1. The van der Waals surface area contributed by atoms with Crippen LogP contribution < -0.4 is 0 Å². The first-order valence-corrected chi connectivity index (χ1v) is 6.06. The lowest BCUT2D eigenvalue weighted by Crippen LogP contribution is -1.86. The van der Waals surface area contributed by atoms with Gasteiger partial charge in [-0.1, -0.05) is 47.0 Å². The van der Waals surface area contributed by atoms with Crippen molar-refractivity contribution >= 4 is 44.9 Å². The topological polar surface area (TPSA) is 12.9 Å². The van der Waals surface area contributed by atoms with E-state index in [2.05, 4.69) is 18.0 Å². The summed E-state index contributed by atoms with van der Waals surface area (Å²) in [6.07, 6.45) is 0. The summed E-state index contributed by atoms with van der Waals surface area (Å²) in [5.41, 5.74) is 2.10. The number of fused-ring (bicyclic) bond motifs is 3. The van der Waals surface area contributed by atoms with Crippen LogP contribution >= 0.6 is 23.2 Å². The number of halogens is 2. The van der Waals surface area contributed by atoms with Crippen LogP contribution in [0.1, 0.15) is 5.56 Å². The molecule has 0 saturated carbocycles. The Kier molecular flexibility index (Phi) is 2.46. The van der Waals surface area contributed by atoms with Crippen LogP contribution in [0.5, 0.6) is 0 Å². The largest absolute Gasteiger partial charge is 0.235 e. The molecule has 0 aliphatic carbocycles. The minimum Gasteiger partial charge on any atom is -0.235 e. The van der Waals surface area contributed by atoms with E-state index in [0.29, 0.717) is 10.2 Å². The third-order valence-electron chi connectivity index (χ3n) is 2.88. The van der Waals surface area contributed by atoms with E-state index < -0.39 is 0 Å². The number of hydrogen-bond acceptors (Lipinski definition) is 1. The summed E-state index contributed by atoms with van der Waals surface area (Å²) in [7, 11) is 0. The molecule has 3 heteroatoms. The summed E-state index contributed by atoms with van der Waals surface area (Å²) < 4.78 is 0. The molecule has 17 heavy (non-hydrogen) atoms. The van der Waals surface area contributed by atoms with Crippen LogP contribution in [0, 0.1) is 6.92 Å². The molecule has 3 aromatic rings. The molecule has 1 nitrogen and oxygen atoms in total. The average molecular weight is 262 g/mol. The maximum Gasteiger partial charge on any atom is 0.139 e. The lowest BCUT2D eigenvalue weighted by molar-refractivity contribution is 1.42. The van der Waals surface area contributed by atoms with Crippen molar-refractivity contribution in [3.05, 3.63) is 52.1 Å². The molecule has 0 aliphatic rings. The maximum absolute atomic E-state index is 6.19. The van der Waals surface area contributed by atoms with Crippen LogP contribution in [0.3, 0.4) is 0 Å². The molecule has 0 N–H and O–H groups in total. The highest BCUT2D eigenvalue weighted by Crippen LogP contribution is 2.34. The van der Waals surface area contributed by atoms with Gasteiger partial charge in [-0.15, -0.1) is 0 Å². The Morgan fingerprint density at radius 1 is 1.00 bits per heavy atom.